The standard InChI is InChI=1S/C12H13ClO/c1-9-3-5-10(6-4-9)12(11(13)14)7-2-8-12/h3-6H,2,7-8H2,1H3. The summed E-state index contributed by atoms with van der Waals surface area (Å²) in [7, 11) is 0. The van der Waals surface area contributed by atoms with Crippen LogP contribution in [0, 0.1) is 6.92 Å². The predicted octanol–water partition coefficient (Wildman–Crippen LogP) is 3.18. The maximum absolute atomic E-state index is 11.4. The monoisotopic (exact) mass is 208 g/mol. The summed E-state index contributed by atoms with van der Waals surface area (Å²) in [6.45, 7) is 2.04. The second-order valence-electron chi connectivity index (χ2n) is 4.08. The Morgan fingerprint density at radius 2 is 1.86 bits per heavy atom. The van der Waals surface area contributed by atoms with Crippen LogP contribution in [0.5, 0.6) is 0 Å². The lowest BCUT2D eigenvalue weighted by Gasteiger charge is -2.38. The SMILES string of the molecule is Cc1ccc(C2(C(=O)Cl)CCC2)cc1. The molecule has 0 radical (unpaired) electrons. The van der Waals surface area contributed by atoms with Crippen molar-refractivity contribution in [2.45, 2.75) is 31.6 Å². The molecule has 14 heavy (non-hydrogen) atoms. The minimum absolute atomic E-state index is 0.201. The zero-order valence-electron chi connectivity index (χ0n) is 8.22. The summed E-state index contributed by atoms with van der Waals surface area (Å²) in [6.07, 6.45) is 2.91. The lowest BCUT2D eigenvalue weighted by atomic mass is 9.65. The van der Waals surface area contributed by atoms with Crippen LogP contribution in [0.1, 0.15) is 30.4 Å². The summed E-state index contributed by atoms with van der Waals surface area (Å²) in [4.78, 5) is 11.4. The first kappa shape index (κ1) is 9.72. The van der Waals surface area contributed by atoms with E-state index in [2.05, 4.69) is 0 Å². The summed E-state index contributed by atoms with van der Waals surface area (Å²) in [5.74, 6) is 0. The summed E-state index contributed by atoms with van der Waals surface area (Å²) in [5, 5.41) is -0.201. The number of benzene rings is 1. The van der Waals surface area contributed by atoms with Gasteiger partial charge >= 0.3 is 0 Å². The minimum atomic E-state index is -0.366. The highest BCUT2D eigenvalue weighted by molar-refractivity contribution is 6.65. The van der Waals surface area contributed by atoms with E-state index in [0.717, 1.165) is 24.8 Å². The summed E-state index contributed by atoms with van der Waals surface area (Å²) in [5.41, 5.74) is 1.93. The molecule has 0 spiro atoms. The van der Waals surface area contributed by atoms with E-state index >= 15 is 0 Å². The number of hydrogen-bond acceptors (Lipinski definition) is 1. The van der Waals surface area contributed by atoms with Crippen LogP contribution in [0.2, 0.25) is 0 Å². The molecule has 0 aliphatic heterocycles. The molecule has 0 bridgehead atoms. The predicted molar refractivity (Wildman–Crippen MR) is 57.6 cm³/mol. The Morgan fingerprint density at radius 1 is 1.29 bits per heavy atom. The van der Waals surface area contributed by atoms with Crippen molar-refractivity contribution in [1.29, 1.82) is 0 Å². The van der Waals surface area contributed by atoms with Crippen molar-refractivity contribution in [3.8, 4) is 0 Å². The molecular weight excluding hydrogens is 196 g/mol. The quantitative estimate of drug-likeness (QED) is 0.683. The lowest BCUT2D eigenvalue weighted by molar-refractivity contribution is -0.119. The smallest absolute Gasteiger partial charge is 0.232 e. The topological polar surface area (TPSA) is 17.1 Å². The first-order valence-electron chi connectivity index (χ1n) is 4.92. The lowest BCUT2D eigenvalue weighted by Crippen LogP contribution is -2.39. The van der Waals surface area contributed by atoms with Crippen LogP contribution in [0.25, 0.3) is 0 Å². The molecule has 0 unspecified atom stereocenters. The molecule has 2 rings (SSSR count). The summed E-state index contributed by atoms with van der Waals surface area (Å²) >= 11 is 5.67. The Labute approximate surface area is 89.1 Å². The highest BCUT2D eigenvalue weighted by Crippen LogP contribution is 2.45. The second-order valence-corrected chi connectivity index (χ2v) is 4.42. The Bertz CT molecular complexity index is 349. The van der Waals surface area contributed by atoms with Crippen molar-refractivity contribution >= 4 is 16.8 Å². The van der Waals surface area contributed by atoms with Gasteiger partial charge in [0.1, 0.15) is 0 Å². The number of carbonyl (C=O) groups excluding carboxylic acids is 1. The fourth-order valence-corrected chi connectivity index (χ4v) is 2.30. The zero-order valence-corrected chi connectivity index (χ0v) is 8.97. The number of aryl methyl sites for hydroxylation is 1. The van der Waals surface area contributed by atoms with Gasteiger partial charge in [0, 0.05) is 0 Å². The fraction of sp³-hybridized carbons (Fsp3) is 0.417. The molecule has 0 atom stereocenters. The van der Waals surface area contributed by atoms with Gasteiger partial charge in [-0.1, -0.05) is 36.2 Å². The maximum atomic E-state index is 11.4. The zero-order chi connectivity index (χ0) is 10.2. The fourth-order valence-electron chi connectivity index (χ4n) is 2.00. The number of hydrogen-bond donors (Lipinski definition) is 0. The molecule has 0 heterocycles. The van der Waals surface area contributed by atoms with Crippen molar-refractivity contribution in [3.63, 3.8) is 0 Å². The first-order valence-corrected chi connectivity index (χ1v) is 5.30. The van der Waals surface area contributed by atoms with Gasteiger partial charge < -0.3 is 0 Å². The summed E-state index contributed by atoms with van der Waals surface area (Å²) < 4.78 is 0. The molecule has 1 aromatic carbocycles. The molecule has 0 saturated heterocycles. The molecule has 0 aromatic heterocycles. The number of carbonyl (C=O) groups is 1. The Balaban J connectivity index is 2.37. The van der Waals surface area contributed by atoms with E-state index < -0.39 is 0 Å². The van der Waals surface area contributed by atoms with Gasteiger partial charge in [-0.2, -0.15) is 0 Å². The highest BCUT2D eigenvalue weighted by atomic mass is 35.5. The molecule has 74 valence electrons. The molecular formula is C12H13ClO. The largest absolute Gasteiger partial charge is 0.280 e. The average molecular weight is 209 g/mol. The van der Waals surface area contributed by atoms with Gasteiger partial charge in [-0.25, -0.2) is 0 Å². The molecule has 1 nitrogen and oxygen atoms in total. The molecule has 1 aromatic rings. The van der Waals surface area contributed by atoms with Gasteiger partial charge in [0.25, 0.3) is 0 Å². The number of halogens is 1. The van der Waals surface area contributed by atoms with Gasteiger partial charge in [0.05, 0.1) is 5.41 Å². The molecule has 1 fully saturated rings. The van der Waals surface area contributed by atoms with Crippen LogP contribution in [0.4, 0.5) is 0 Å². The average Bonchev–Trinajstić information content (AvgIpc) is 2.05. The Hall–Kier alpha value is -0.820. The molecule has 1 saturated carbocycles. The van der Waals surface area contributed by atoms with Crippen LogP contribution in [0.3, 0.4) is 0 Å². The molecule has 2 heteroatoms. The van der Waals surface area contributed by atoms with Gasteiger partial charge in [-0.3, -0.25) is 4.79 Å². The third-order valence-electron chi connectivity index (χ3n) is 3.19. The normalized spacial score (nSPS) is 18.7. The van der Waals surface area contributed by atoms with E-state index in [-0.39, 0.29) is 10.7 Å². The van der Waals surface area contributed by atoms with Gasteiger partial charge in [0.2, 0.25) is 5.24 Å². The molecule has 1 aliphatic carbocycles. The number of rotatable bonds is 2. The Morgan fingerprint density at radius 3 is 2.21 bits per heavy atom. The van der Waals surface area contributed by atoms with Gasteiger partial charge in [-0.05, 0) is 36.9 Å². The van der Waals surface area contributed by atoms with E-state index in [1.165, 1.54) is 5.56 Å². The minimum Gasteiger partial charge on any atom is -0.280 e. The molecule has 1 aliphatic rings. The molecule has 0 amide bonds. The van der Waals surface area contributed by atoms with E-state index in [4.69, 9.17) is 11.6 Å². The van der Waals surface area contributed by atoms with E-state index in [1.807, 2.05) is 31.2 Å². The van der Waals surface area contributed by atoms with Crippen LogP contribution in [-0.2, 0) is 10.2 Å². The van der Waals surface area contributed by atoms with Crippen molar-refractivity contribution in [2.24, 2.45) is 0 Å². The van der Waals surface area contributed by atoms with Crippen LogP contribution >= 0.6 is 11.6 Å². The maximum Gasteiger partial charge on any atom is 0.232 e. The van der Waals surface area contributed by atoms with E-state index in [1.54, 1.807) is 0 Å². The van der Waals surface area contributed by atoms with Crippen molar-refractivity contribution in [3.05, 3.63) is 35.4 Å². The van der Waals surface area contributed by atoms with Crippen molar-refractivity contribution in [1.82, 2.24) is 0 Å². The summed E-state index contributed by atoms with van der Waals surface area (Å²) in [6, 6.07) is 8.12. The van der Waals surface area contributed by atoms with E-state index in [0.29, 0.717) is 0 Å². The Kier molecular flexibility index (Phi) is 2.36. The van der Waals surface area contributed by atoms with Crippen LogP contribution in [-0.4, -0.2) is 5.24 Å². The van der Waals surface area contributed by atoms with E-state index in [9.17, 15) is 4.79 Å². The third kappa shape index (κ3) is 1.36. The van der Waals surface area contributed by atoms with Gasteiger partial charge in [0.15, 0.2) is 0 Å². The first-order chi connectivity index (χ1) is 6.65. The van der Waals surface area contributed by atoms with Gasteiger partial charge in [-0.15, -0.1) is 0 Å². The van der Waals surface area contributed by atoms with Crippen LogP contribution in [0.15, 0.2) is 24.3 Å². The van der Waals surface area contributed by atoms with Crippen LogP contribution < -0.4 is 0 Å². The van der Waals surface area contributed by atoms with Crippen molar-refractivity contribution < 1.29 is 4.79 Å². The second kappa shape index (κ2) is 3.39. The highest BCUT2D eigenvalue weighted by Gasteiger charge is 2.44. The van der Waals surface area contributed by atoms with Crippen molar-refractivity contribution in [2.75, 3.05) is 0 Å². The molecule has 0 N–H and O–H groups in total. The third-order valence-corrected chi connectivity index (χ3v) is 3.55.